The quantitative estimate of drug-likeness (QED) is 0.695. The number of anilines is 2. The number of benzene rings is 2. The summed E-state index contributed by atoms with van der Waals surface area (Å²) in [6, 6.07) is 11.4. The molecule has 4 N–H and O–H groups in total. The van der Waals surface area contributed by atoms with Crippen LogP contribution in [0.2, 0.25) is 0 Å². The topological polar surface area (TPSA) is 98.9 Å². The highest BCUT2D eigenvalue weighted by Gasteiger charge is 2.36. The van der Waals surface area contributed by atoms with Crippen LogP contribution in [0, 0.1) is 12.8 Å². The molecule has 2 aliphatic heterocycles. The average Bonchev–Trinajstić information content (AvgIpc) is 2.75. The molecule has 31 heavy (non-hydrogen) atoms. The molecular formula is C24H30N4O3. The molecule has 1 saturated heterocycles. The molecule has 0 unspecified atom stereocenters. The van der Waals surface area contributed by atoms with E-state index in [1.54, 1.807) is 18.2 Å². The Kier molecular flexibility index (Phi) is 5.98. The van der Waals surface area contributed by atoms with Gasteiger partial charge in [-0.25, -0.2) is 0 Å². The number of fused-ring (bicyclic) bond motifs is 1. The van der Waals surface area contributed by atoms with Gasteiger partial charge in [0.1, 0.15) is 6.23 Å². The Morgan fingerprint density at radius 2 is 1.90 bits per heavy atom. The van der Waals surface area contributed by atoms with Gasteiger partial charge in [0.25, 0.3) is 0 Å². The number of rotatable bonds is 4. The van der Waals surface area contributed by atoms with E-state index >= 15 is 0 Å². The second-order valence-electron chi connectivity index (χ2n) is 8.48. The van der Waals surface area contributed by atoms with Crippen molar-refractivity contribution in [2.75, 3.05) is 36.0 Å². The third kappa shape index (κ3) is 4.16. The van der Waals surface area contributed by atoms with Crippen LogP contribution in [-0.2, 0) is 17.6 Å². The molecule has 2 aromatic rings. The maximum absolute atomic E-state index is 12.4. The molecule has 7 nitrogen and oxygen atoms in total. The van der Waals surface area contributed by atoms with E-state index in [9.17, 15) is 14.7 Å². The highest BCUT2D eigenvalue weighted by atomic mass is 16.3. The van der Waals surface area contributed by atoms with Crippen LogP contribution in [0.15, 0.2) is 36.4 Å². The Balaban J connectivity index is 1.65. The highest BCUT2D eigenvalue weighted by molar-refractivity contribution is 5.96. The summed E-state index contributed by atoms with van der Waals surface area (Å²) in [6.07, 6.45) is 0.280. The Labute approximate surface area is 182 Å². The van der Waals surface area contributed by atoms with Gasteiger partial charge in [-0.2, -0.15) is 0 Å². The minimum atomic E-state index is -0.924. The Morgan fingerprint density at radius 3 is 2.58 bits per heavy atom. The van der Waals surface area contributed by atoms with Crippen LogP contribution in [0.25, 0.3) is 0 Å². The van der Waals surface area contributed by atoms with Crippen LogP contribution in [0.4, 0.5) is 11.4 Å². The molecular weight excluding hydrogens is 392 g/mol. The number of primary amides is 1. The van der Waals surface area contributed by atoms with Crippen LogP contribution in [0.5, 0.6) is 0 Å². The number of aliphatic hydroxyl groups excluding tert-OH is 1. The average molecular weight is 423 g/mol. The van der Waals surface area contributed by atoms with Gasteiger partial charge in [-0.3, -0.25) is 14.5 Å². The molecule has 0 saturated carbocycles. The van der Waals surface area contributed by atoms with Crippen molar-refractivity contribution in [1.82, 2.24) is 5.32 Å². The Morgan fingerprint density at radius 1 is 1.16 bits per heavy atom. The van der Waals surface area contributed by atoms with Crippen molar-refractivity contribution in [3.63, 3.8) is 0 Å². The maximum atomic E-state index is 12.4. The summed E-state index contributed by atoms with van der Waals surface area (Å²) in [4.78, 5) is 27.9. The van der Waals surface area contributed by atoms with Gasteiger partial charge in [-0.05, 0) is 60.7 Å². The predicted octanol–water partition coefficient (Wildman–Crippen LogP) is 1.59. The van der Waals surface area contributed by atoms with Crippen molar-refractivity contribution < 1.29 is 14.7 Å². The Hall–Kier alpha value is -2.90. The van der Waals surface area contributed by atoms with Gasteiger partial charge in [-0.15, -0.1) is 0 Å². The van der Waals surface area contributed by atoms with Crippen LogP contribution < -0.4 is 20.9 Å². The fourth-order valence-corrected chi connectivity index (χ4v) is 4.83. The van der Waals surface area contributed by atoms with Gasteiger partial charge in [0, 0.05) is 56.0 Å². The van der Waals surface area contributed by atoms with E-state index in [0.29, 0.717) is 24.1 Å². The lowest BCUT2D eigenvalue weighted by Crippen LogP contribution is -2.48. The smallest absolute Gasteiger partial charge is 0.248 e. The first-order valence-electron chi connectivity index (χ1n) is 10.8. The van der Waals surface area contributed by atoms with Crippen molar-refractivity contribution in [3.8, 4) is 0 Å². The zero-order chi connectivity index (χ0) is 22.1. The summed E-state index contributed by atoms with van der Waals surface area (Å²) in [5, 5.41) is 14.5. The van der Waals surface area contributed by atoms with E-state index in [0.717, 1.165) is 37.3 Å². The number of nitrogens with zero attached hydrogens (tertiary/aromatic N) is 2. The number of hydrogen-bond acceptors (Lipinski definition) is 5. The fraction of sp³-hybridized carbons (Fsp3) is 0.417. The summed E-state index contributed by atoms with van der Waals surface area (Å²) in [5.41, 5.74) is 11.0. The first-order chi connectivity index (χ1) is 14.9. The molecule has 7 heteroatoms. The second-order valence-corrected chi connectivity index (χ2v) is 8.48. The van der Waals surface area contributed by atoms with E-state index in [-0.39, 0.29) is 11.8 Å². The molecule has 0 aromatic heterocycles. The molecule has 0 spiro atoms. The fourth-order valence-electron chi connectivity index (χ4n) is 4.83. The van der Waals surface area contributed by atoms with E-state index in [2.05, 4.69) is 35.3 Å². The van der Waals surface area contributed by atoms with Crippen molar-refractivity contribution in [3.05, 3.63) is 58.7 Å². The van der Waals surface area contributed by atoms with Gasteiger partial charge < -0.3 is 21.1 Å². The standard InChI is InChI=1S/C24H30N4O3/c1-15-17(4-3-5-21(15)27-10-8-26-9-11-27)12-20-14-19-13-18(23(25)30)6-7-22(19)28(16(2)29)24(20)31/h3-7,13,20,24,26,31H,8-12,14H2,1-2H3,(H2,25,30)/t20-,24+/m1/s1. The van der Waals surface area contributed by atoms with Crippen molar-refractivity contribution >= 4 is 23.2 Å². The van der Waals surface area contributed by atoms with E-state index in [1.807, 2.05) is 0 Å². The van der Waals surface area contributed by atoms with Crippen LogP contribution in [-0.4, -0.2) is 49.3 Å². The van der Waals surface area contributed by atoms with Crippen molar-refractivity contribution in [2.45, 2.75) is 32.9 Å². The number of nitrogens with one attached hydrogen (secondary N) is 1. The first-order valence-corrected chi connectivity index (χ1v) is 10.8. The number of aliphatic hydroxyl groups is 1. The molecule has 2 aliphatic rings. The van der Waals surface area contributed by atoms with Gasteiger partial charge >= 0.3 is 0 Å². The predicted molar refractivity (Wildman–Crippen MR) is 121 cm³/mol. The van der Waals surface area contributed by atoms with Gasteiger partial charge in [-0.1, -0.05) is 12.1 Å². The zero-order valence-corrected chi connectivity index (χ0v) is 18.1. The number of piperazine rings is 1. The molecule has 1 fully saturated rings. The van der Waals surface area contributed by atoms with E-state index < -0.39 is 12.1 Å². The summed E-state index contributed by atoms with van der Waals surface area (Å²) in [7, 11) is 0. The highest BCUT2D eigenvalue weighted by Crippen LogP contribution is 2.36. The first kappa shape index (κ1) is 21.3. The molecule has 2 atom stereocenters. The minimum absolute atomic E-state index is 0.184. The number of carbonyl (C=O) groups is 2. The Bertz CT molecular complexity index is 1000. The molecule has 4 rings (SSSR count). The third-order valence-electron chi connectivity index (χ3n) is 6.49. The number of carbonyl (C=O) groups excluding carboxylic acids is 2. The van der Waals surface area contributed by atoms with Crippen LogP contribution in [0.3, 0.4) is 0 Å². The number of nitrogens with two attached hydrogens (primary N) is 1. The molecule has 164 valence electrons. The molecule has 2 heterocycles. The molecule has 0 aliphatic carbocycles. The lowest BCUT2D eigenvalue weighted by molar-refractivity contribution is -0.119. The molecule has 0 radical (unpaired) electrons. The van der Waals surface area contributed by atoms with Gasteiger partial charge in [0.05, 0.1) is 0 Å². The maximum Gasteiger partial charge on any atom is 0.248 e. The number of amides is 2. The third-order valence-corrected chi connectivity index (χ3v) is 6.49. The van der Waals surface area contributed by atoms with E-state index in [1.165, 1.54) is 23.1 Å². The van der Waals surface area contributed by atoms with Crippen molar-refractivity contribution in [1.29, 1.82) is 0 Å². The van der Waals surface area contributed by atoms with Crippen LogP contribution >= 0.6 is 0 Å². The summed E-state index contributed by atoms with van der Waals surface area (Å²) in [5.74, 6) is -0.910. The zero-order valence-electron chi connectivity index (χ0n) is 18.1. The lowest BCUT2D eigenvalue weighted by atomic mass is 9.84. The minimum Gasteiger partial charge on any atom is -0.373 e. The van der Waals surface area contributed by atoms with Gasteiger partial charge in [0.2, 0.25) is 11.8 Å². The van der Waals surface area contributed by atoms with E-state index in [4.69, 9.17) is 5.73 Å². The molecule has 2 aromatic carbocycles. The normalized spacial score (nSPS) is 21.0. The monoisotopic (exact) mass is 422 g/mol. The summed E-state index contributed by atoms with van der Waals surface area (Å²) >= 11 is 0. The van der Waals surface area contributed by atoms with Gasteiger partial charge in [0.15, 0.2) is 0 Å². The molecule has 2 amide bonds. The van der Waals surface area contributed by atoms with Crippen molar-refractivity contribution in [2.24, 2.45) is 11.7 Å². The number of hydrogen-bond donors (Lipinski definition) is 3. The molecule has 0 bridgehead atoms. The second kappa shape index (κ2) is 8.69. The largest absolute Gasteiger partial charge is 0.373 e. The summed E-state index contributed by atoms with van der Waals surface area (Å²) < 4.78 is 0. The SMILES string of the molecule is CC(=O)N1c2ccc(C(N)=O)cc2C[C@@H](Cc2cccc(N3CCNCC3)c2C)[C@@H]1O. The van der Waals surface area contributed by atoms with Crippen LogP contribution in [0.1, 0.15) is 34.0 Å². The summed E-state index contributed by atoms with van der Waals surface area (Å²) in [6.45, 7) is 7.46. The lowest BCUT2D eigenvalue weighted by Gasteiger charge is -2.39.